The van der Waals surface area contributed by atoms with Crippen LogP contribution in [0.4, 0.5) is 0 Å². The molecule has 1 aliphatic rings. The maximum Gasteiger partial charge on any atom is 0.245 e. The highest BCUT2D eigenvalue weighted by molar-refractivity contribution is 6.16. The smallest absolute Gasteiger partial charge is 0.245 e. The first-order valence-corrected chi connectivity index (χ1v) is 7.36. The van der Waals surface area contributed by atoms with Gasteiger partial charge in [-0.3, -0.25) is 0 Å². The maximum absolute atomic E-state index is 6.02. The van der Waals surface area contributed by atoms with Crippen LogP contribution in [0.5, 0.6) is 5.88 Å². The summed E-state index contributed by atoms with van der Waals surface area (Å²) in [6.07, 6.45) is 1.58. The molecule has 0 amide bonds. The van der Waals surface area contributed by atoms with Crippen LogP contribution in [0.15, 0.2) is 6.33 Å². The van der Waals surface area contributed by atoms with Gasteiger partial charge in [0, 0.05) is 13.1 Å². The fraction of sp³-hybridized carbons (Fsp3) is 0.615. The Balaban J connectivity index is 1.96. The molecule has 0 aromatic carbocycles. The molecule has 0 aliphatic carbocycles. The van der Waals surface area contributed by atoms with Gasteiger partial charge >= 0.3 is 0 Å². The summed E-state index contributed by atoms with van der Waals surface area (Å²) in [5, 5.41) is 0. The number of imidazole rings is 1. The minimum atomic E-state index is 0.101. The zero-order valence-electron chi connectivity index (χ0n) is 12.1. The first-order valence-electron chi connectivity index (χ1n) is 6.83. The molecule has 0 saturated carbocycles. The number of ether oxygens (including phenoxy) is 2. The number of alkyl halides is 1. The van der Waals surface area contributed by atoms with Gasteiger partial charge in [-0.05, 0) is 7.05 Å². The molecule has 0 N–H and O–H groups in total. The van der Waals surface area contributed by atoms with E-state index in [9.17, 15) is 0 Å². The Labute approximate surface area is 127 Å². The monoisotopic (exact) mass is 311 g/mol. The summed E-state index contributed by atoms with van der Waals surface area (Å²) in [5.74, 6) is 1.52. The van der Waals surface area contributed by atoms with Crippen molar-refractivity contribution in [2.45, 2.75) is 18.5 Å². The third-order valence-electron chi connectivity index (χ3n) is 3.62. The molecule has 3 rings (SSSR count). The predicted octanol–water partition coefficient (Wildman–Crippen LogP) is 0.904. The molecule has 1 saturated heterocycles. The van der Waals surface area contributed by atoms with Crippen molar-refractivity contribution < 1.29 is 9.47 Å². The van der Waals surface area contributed by atoms with E-state index in [1.807, 2.05) is 4.57 Å². The van der Waals surface area contributed by atoms with E-state index in [0.717, 1.165) is 31.2 Å². The lowest BCUT2D eigenvalue weighted by atomic mass is 10.3. The quantitative estimate of drug-likeness (QED) is 0.782. The van der Waals surface area contributed by atoms with Gasteiger partial charge in [-0.1, -0.05) is 0 Å². The lowest BCUT2D eigenvalue weighted by Gasteiger charge is -2.30. The lowest BCUT2D eigenvalue weighted by Crippen LogP contribution is -2.42. The van der Waals surface area contributed by atoms with Crippen LogP contribution in [0, 0.1) is 0 Å². The van der Waals surface area contributed by atoms with Gasteiger partial charge in [-0.25, -0.2) is 9.97 Å². The molecule has 1 aliphatic heterocycles. The number of fused-ring (bicyclic) bond motifs is 1. The van der Waals surface area contributed by atoms with E-state index in [-0.39, 0.29) is 6.10 Å². The van der Waals surface area contributed by atoms with Crippen LogP contribution < -0.4 is 4.74 Å². The Morgan fingerprint density at radius 2 is 2.33 bits per heavy atom. The fourth-order valence-corrected chi connectivity index (χ4v) is 2.79. The van der Waals surface area contributed by atoms with Crippen molar-refractivity contribution in [3.05, 3.63) is 12.2 Å². The van der Waals surface area contributed by atoms with Gasteiger partial charge in [-0.2, -0.15) is 4.98 Å². The van der Waals surface area contributed by atoms with Gasteiger partial charge in [0.1, 0.15) is 12.2 Å². The van der Waals surface area contributed by atoms with Gasteiger partial charge < -0.3 is 18.9 Å². The van der Waals surface area contributed by atoms with E-state index >= 15 is 0 Å². The average Bonchev–Trinajstić information content (AvgIpc) is 2.85. The Morgan fingerprint density at radius 3 is 3.05 bits per heavy atom. The van der Waals surface area contributed by atoms with Crippen molar-refractivity contribution in [3.8, 4) is 5.88 Å². The average molecular weight is 312 g/mol. The van der Waals surface area contributed by atoms with Gasteiger partial charge in [0.15, 0.2) is 11.2 Å². The number of hydrogen-bond donors (Lipinski definition) is 0. The van der Waals surface area contributed by atoms with E-state index in [4.69, 9.17) is 21.1 Å². The fourth-order valence-electron chi connectivity index (χ4n) is 2.59. The number of hydrogen-bond acceptors (Lipinski definition) is 6. The van der Waals surface area contributed by atoms with E-state index < -0.39 is 0 Å². The van der Waals surface area contributed by atoms with Crippen LogP contribution in [0.25, 0.3) is 11.2 Å². The van der Waals surface area contributed by atoms with Crippen LogP contribution in [0.2, 0.25) is 0 Å². The molecule has 7 nitrogen and oxygen atoms in total. The maximum atomic E-state index is 6.02. The van der Waals surface area contributed by atoms with Crippen LogP contribution in [-0.4, -0.2) is 64.4 Å². The van der Waals surface area contributed by atoms with Crippen molar-refractivity contribution in [3.63, 3.8) is 0 Å². The molecule has 1 unspecified atom stereocenters. The SMILES string of the molecule is COc1ncnc2c1nc(CCl)n2CC1CN(C)CCO1. The van der Waals surface area contributed by atoms with Gasteiger partial charge in [0.2, 0.25) is 5.88 Å². The molecule has 3 heterocycles. The largest absolute Gasteiger partial charge is 0.479 e. The molecular weight excluding hydrogens is 294 g/mol. The molecular formula is C13H18ClN5O2. The second-order valence-corrected chi connectivity index (χ2v) is 5.35. The topological polar surface area (TPSA) is 65.3 Å². The van der Waals surface area contributed by atoms with Crippen molar-refractivity contribution in [1.29, 1.82) is 0 Å². The van der Waals surface area contributed by atoms with Crippen LogP contribution in [0.3, 0.4) is 0 Å². The highest BCUT2D eigenvalue weighted by atomic mass is 35.5. The van der Waals surface area contributed by atoms with Gasteiger partial charge in [0.05, 0.1) is 32.2 Å². The second-order valence-electron chi connectivity index (χ2n) is 5.08. The van der Waals surface area contributed by atoms with Crippen molar-refractivity contribution in [2.24, 2.45) is 0 Å². The molecule has 1 fully saturated rings. The van der Waals surface area contributed by atoms with Crippen molar-refractivity contribution >= 4 is 22.8 Å². The molecule has 0 radical (unpaired) electrons. The van der Waals surface area contributed by atoms with Crippen LogP contribution >= 0.6 is 11.6 Å². The standard InChI is InChI=1S/C13H18ClN5O2/c1-18-3-4-21-9(6-18)7-19-10(5-14)17-11-12(19)15-8-16-13(11)20-2/h8-9H,3-7H2,1-2H3. The molecule has 21 heavy (non-hydrogen) atoms. The Hall–Kier alpha value is -1.44. The molecule has 1 atom stereocenters. The van der Waals surface area contributed by atoms with Crippen molar-refractivity contribution in [1.82, 2.24) is 24.4 Å². The van der Waals surface area contributed by atoms with E-state index in [1.54, 1.807) is 7.11 Å². The van der Waals surface area contributed by atoms with Crippen molar-refractivity contribution in [2.75, 3.05) is 33.9 Å². The highest BCUT2D eigenvalue weighted by Gasteiger charge is 2.22. The second kappa shape index (κ2) is 6.13. The highest BCUT2D eigenvalue weighted by Crippen LogP contribution is 2.23. The van der Waals surface area contributed by atoms with Gasteiger partial charge in [0.25, 0.3) is 0 Å². The third kappa shape index (κ3) is 2.81. The molecule has 0 bridgehead atoms. The van der Waals surface area contributed by atoms with E-state index in [2.05, 4.69) is 26.9 Å². The number of halogens is 1. The number of morpholine rings is 1. The minimum Gasteiger partial charge on any atom is -0.479 e. The lowest BCUT2D eigenvalue weighted by molar-refractivity contribution is -0.0272. The van der Waals surface area contributed by atoms with E-state index in [1.165, 1.54) is 6.33 Å². The summed E-state index contributed by atoms with van der Waals surface area (Å²) in [7, 11) is 3.66. The zero-order valence-corrected chi connectivity index (χ0v) is 12.9. The normalized spacial score (nSPS) is 20.0. The minimum absolute atomic E-state index is 0.101. The van der Waals surface area contributed by atoms with Crippen LogP contribution in [0.1, 0.15) is 5.82 Å². The van der Waals surface area contributed by atoms with E-state index in [0.29, 0.717) is 23.8 Å². The molecule has 2 aromatic heterocycles. The number of aromatic nitrogens is 4. The van der Waals surface area contributed by atoms with Gasteiger partial charge in [-0.15, -0.1) is 11.6 Å². The summed E-state index contributed by atoms with van der Waals surface area (Å²) in [6, 6.07) is 0. The van der Waals surface area contributed by atoms with Crippen LogP contribution in [-0.2, 0) is 17.2 Å². The summed E-state index contributed by atoms with van der Waals surface area (Å²) in [4.78, 5) is 15.2. The Bertz CT molecular complexity index is 632. The molecule has 2 aromatic rings. The number of rotatable bonds is 4. The Kier molecular flexibility index (Phi) is 4.23. The summed E-state index contributed by atoms with van der Waals surface area (Å²) < 4.78 is 13.1. The zero-order chi connectivity index (χ0) is 14.8. The first kappa shape index (κ1) is 14.5. The summed E-state index contributed by atoms with van der Waals surface area (Å²) in [5.41, 5.74) is 1.37. The summed E-state index contributed by atoms with van der Waals surface area (Å²) in [6.45, 7) is 3.24. The Morgan fingerprint density at radius 1 is 1.48 bits per heavy atom. The summed E-state index contributed by atoms with van der Waals surface area (Å²) >= 11 is 6.02. The number of likely N-dealkylation sites (N-methyl/N-ethyl adjacent to an activating group) is 1. The molecule has 0 spiro atoms. The predicted molar refractivity (Wildman–Crippen MR) is 78.7 cm³/mol. The number of nitrogens with zero attached hydrogens (tertiary/aromatic N) is 5. The molecule has 114 valence electrons. The first-order chi connectivity index (χ1) is 10.2. The number of methoxy groups -OCH3 is 1. The molecule has 8 heteroatoms. The third-order valence-corrected chi connectivity index (χ3v) is 3.86.